The molecular weight excluding hydrogens is 405 g/mol. The standard InChI is InChI=1S/C25H36FN5O/c1-6-18(5)23-28-22(7-2)21(16-19-8-10-20(26)11-9-19)24(29-23)30-12-14-31(15-13-30)25(32)27-17(3)4/h8-11,17-18H,6-7,12-16H2,1-5H3,(H,27,32)/t18-/m0/s1. The summed E-state index contributed by atoms with van der Waals surface area (Å²) in [5, 5.41) is 2.98. The van der Waals surface area contributed by atoms with Crippen molar-refractivity contribution in [3.63, 3.8) is 0 Å². The average Bonchev–Trinajstić information content (AvgIpc) is 2.79. The first-order valence-electron chi connectivity index (χ1n) is 11.8. The van der Waals surface area contributed by atoms with E-state index in [2.05, 4.69) is 31.0 Å². The maximum absolute atomic E-state index is 13.4. The fourth-order valence-electron chi connectivity index (χ4n) is 3.94. The van der Waals surface area contributed by atoms with Crippen LogP contribution in [0.1, 0.15) is 69.6 Å². The van der Waals surface area contributed by atoms with E-state index < -0.39 is 0 Å². The summed E-state index contributed by atoms with van der Waals surface area (Å²) >= 11 is 0. The number of piperazine rings is 1. The number of anilines is 1. The van der Waals surface area contributed by atoms with Gasteiger partial charge < -0.3 is 15.1 Å². The van der Waals surface area contributed by atoms with Crippen LogP contribution in [0.3, 0.4) is 0 Å². The molecule has 0 aliphatic carbocycles. The van der Waals surface area contributed by atoms with Crippen molar-refractivity contribution in [1.82, 2.24) is 20.2 Å². The summed E-state index contributed by atoms with van der Waals surface area (Å²) in [6.45, 7) is 13.1. The second-order valence-corrected chi connectivity index (χ2v) is 8.88. The van der Waals surface area contributed by atoms with Gasteiger partial charge in [-0.15, -0.1) is 0 Å². The molecular formula is C25H36FN5O. The van der Waals surface area contributed by atoms with Crippen molar-refractivity contribution >= 4 is 11.8 Å². The topological polar surface area (TPSA) is 61.4 Å². The molecule has 1 aliphatic rings. The van der Waals surface area contributed by atoms with Crippen LogP contribution in [0, 0.1) is 5.82 Å². The number of urea groups is 1. The second-order valence-electron chi connectivity index (χ2n) is 8.88. The first-order valence-corrected chi connectivity index (χ1v) is 11.8. The Morgan fingerprint density at radius 3 is 2.28 bits per heavy atom. The molecule has 1 saturated heterocycles. The molecule has 2 heterocycles. The summed E-state index contributed by atoms with van der Waals surface area (Å²) in [6.07, 6.45) is 2.45. The minimum Gasteiger partial charge on any atom is -0.353 e. The van der Waals surface area contributed by atoms with E-state index in [9.17, 15) is 9.18 Å². The molecule has 32 heavy (non-hydrogen) atoms. The third-order valence-electron chi connectivity index (χ3n) is 6.05. The zero-order valence-corrected chi connectivity index (χ0v) is 20.0. The van der Waals surface area contributed by atoms with E-state index in [0.717, 1.165) is 54.4 Å². The summed E-state index contributed by atoms with van der Waals surface area (Å²) < 4.78 is 13.4. The first-order chi connectivity index (χ1) is 15.3. The fourth-order valence-corrected chi connectivity index (χ4v) is 3.94. The molecule has 7 heteroatoms. The zero-order valence-electron chi connectivity index (χ0n) is 20.0. The van der Waals surface area contributed by atoms with Crippen LogP contribution in [0.15, 0.2) is 24.3 Å². The molecule has 1 fully saturated rings. The molecule has 1 N–H and O–H groups in total. The monoisotopic (exact) mass is 441 g/mol. The highest BCUT2D eigenvalue weighted by molar-refractivity contribution is 5.74. The lowest BCUT2D eigenvalue weighted by Crippen LogP contribution is -2.53. The zero-order chi connectivity index (χ0) is 23.3. The summed E-state index contributed by atoms with van der Waals surface area (Å²) in [7, 11) is 0. The second kappa shape index (κ2) is 10.7. The molecule has 1 aliphatic heterocycles. The summed E-state index contributed by atoms with van der Waals surface area (Å²) in [6, 6.07) is 6.77. The predicted octanol–water partition coefficient (Wildman–Crippen LogP) is 4.52. The van der Waals surface area contributed by atoms with Gasteiger partial charge in [0.1, 0.15) is 17.5 Å². The van der Waals surface area contributed by atoms with Crippen LogP contribution in [0.2, 0.25) is 0 Å². The van der Waals surface area contributed by atoms with E-state index in [1.54, 1.807) is 0 Å². The van der Waals surface area contributed by atoms with Crippen LogP contribution >= 0.6 is 0 Å². The highest BCUT2D eigenvalue weighted by atomic mass is 19.1. The minimum atomic E-state index is -0.233. The number of aryl methyl sites for hydroxylation is 1. The molecule has 0 spiro atoms. The Kier molecular flexibility index (Phi) is 8.04. The molecule has 0 radical (unpaired) electrons. The first kappa shape index (κ1) is 24.0. The smallest absolute Gasteiger partial charge is 0.317 e. The average molecular weight is 442 g/mol. The Bertz CT molecular complexity index is 907. The quantitative estimate of drug-likeness (QED) is 0.686. The maximum atomic E-state index is 13.4. The molecule has 1 aromatic heterocycles. The van der Waals surface area contributed by atoms with Crippen molar-refractivity contribution in [2.24, 2.45) is 0 Å². The highest BCUT2D eigenvalue weighted by Crippen LogP contribution is 2.28. The van der Waals surface area contributed by atoms with Gasteiger partial charge in [-0.3, -0.25) is 0 Å². The van der Waals surface area contributed by atoms with E-state index in [4.69, 9.17) is 9.97 Å². The number of benzene rings is 1. The lowest BCUT2D eigenvalue weighted by atomic mass is 10.0. The predicted molar refractivity (Wildman–Crippen MR) is 127 cm³/mol. The third kappa shape index (κ3) is 5.75. The number of hydrogen-bond donors (Lipinski definition) is 1. The van der Waals surface area contributed by atoms with Gasteiger partial charge in [0, 0.05) is 55.8 Å². The van der Waals surface area contributed by atoms with Crippen LogP contribution in [-0.4, -0.2) is 53.1 Å². The van der Waals surface area contributed by atoms with Crippen LogP contribution in [0.4, 0.5) is 15.0 Å². The Balaban J connectivity index is 1.91. The summed E-state index contributed by atoms with van der Waals surface area (Å²) in [4.78, 5) is 26.5. The van der Waals surface area contributed by atoms with Gasteiger partial charge in [-0.05, 0) is 44.4 Å². The van der Waals surface area contributed by atoms with E-state index in [0.29, 0.717) is 19.5 Å². The largest absolute Gasteiger partial charge is 0.353 e. The number of aromatic nitrogens is 2. The Morgan fingerprint density at radius 2 is 1.72 bits per heavy atom. The van der Waals surface area contributed by atoms with Gasteiger partial charge in [-0.25, -0.2) is 19.2 Å². The third-order valence-corrected chi connectivity index (χ3v) is 6.05. The molecule has 6 nitrogen and oxygen atoms in total. The Morgan fingerprint density at radius 1 is 1.06 bits per heavy atom. The van der Waals surface area contributed by atoms with Crippen LogP contribution in [-0.2, 0) is 12.8 Å². The summed E-state index contributed by atoms with van der Waals surface area (Å²) in [5.74, 6) is 1.88. The van der Waals surface area contributed by atoms with E-state index >= 15 is 0 Å². The number of rotatable bonds is 7. The number of carbonyl (C=O) groups is 1. The van der Waals surface area contributed by atoms with Crippen molar-refractivity contribution in [3.8, 4) is 0 Å². The van der Waals surface area contributed by atoms with Gasteiger partial charge in [-0.1, -0.05) is 32.9 Å². The number of halogens is 1. The number of hydrogen-bond acceptors (Lipinski definition) is 4. The van der Waals surface area contributed by atoms with Crippen LogP contribution in [0.5, 0.6) is 0 Å². The number of amides is 2. The van der Waals surface area contributed by atoms with Crippen molar-refractivity contribution in [1.29, 1.82) is 0 Å². The van der Waals surface area contributed by atoms with Crippen molar-refractivity contribution < 1.29 is 9.18 Å². The molecule has 0 unspecified atom stereocenters. The lowest BCUT2D eigenvalue weighted by Gasteiger charge is -2.37. The molecule has 0 bridgehead atoms. The number of nitrogens with zero attached hydrogens (tertiary/aromatic N) is 4. The van der Waals surface area contributed by atoms with E-state index in [-0.39, 0.29) is 23.8 Å². The van der Waals surface area contributed by atoms with E-state index in [1.165, 1.54) is 12.1 Å². The molecule has 1 aromatic carbocycles. The highest BCUT2D eigenvalue weighted by Gasteiger charge is 2.26. The number of nitrogens with one attached hydrogen (secondary N) is 1. The molecule has 3 rings (SSSR count). The van der Waals surface area contributed by atoms with Gasteiger partial charge in [0.25, 0.3) is 0 Å². The van der Waals surface area contributed by atoms with Crippen LogP contribution in [0.25, 0.3) is 0 Å². The molecule has 174 valence electrons. The van der Waals surface area contributed by atoms with Crippen molar-refractivity contribution in [3.05, 3.63) is 52.7 Å². The Labute approximate surface area is 191 Å². The Hall–Kier alpha value is -2.70. The minimum absolute atomic E-state index is 0.0107. The fraction of sp³-hybridized carbons (Fsp3) is 0.560. The molecule has 1 atom stereocenters. The van der Waals surface area contributed by atoms with Gasteiger partial charge in [0.2, 0.25) is 0 Å². The SMILES string of the molecule is CCc1nc([C@@H](C)CC)nc(N2CCN(C(=O)NC(C)C)CC2)c1Cc1ccc(F)cc1. The van der Waals surface area contributed by atoms with Crippen molar-refractivity contribution in [2.45, 2.75) is 65.8 Å². The maximum Gasteiger partial charge on any atom is 0.317 e. The van der Waals surface area contributed by atoms with Gasteiger partial charge in [0.05, 0.1) is 0 Å². The molecule has 0 saturated carbocycles. The van der Waals surface area contributed by atoms with Gasteiger partial charge in [0.15, 0.2) is 0 Å². The van der Waals surface area contributed by atoms with Crippen molar-refractivity contribution in [2.75, 3.05) is 31.1 Å². The number of carbonyl (C=O) groups excluding carboxylic acids is 1. The van der Waals surface area contributed by atoms with Gasteiger partial charge >= 0.3 is 6.03 Å². The van der Waals surface area contributed by atoms with Crippen LogP contribution < -0.4 is 10.2 Å². The molecule has 2 amide bonds. The van der Waals surface area contributed by atoms with E-state index in [1.807, 2.05) is 30.9 Å². The van der Waals surface area contributed by atoms with Gasteiger partial charge in [-0.2, -0.15) is 0 Å². The molecule has 2 aromatic rings. The normalized spacial score (nSPS) is 15.2. The summed E-state index contributed by atoms with van der Waals surface area (Å²) in [5.41, 5.74) is 3.19. The lowest BCUT2D eigenvalue weighted by molar-refractivity contribution is 0.191.